The molecule has 2 aromatic rings. The summed E-state index contributed by atoms with van der Waals surface area (Å²) in [4.78, 5) is 16.0. The highest BCUT2D eigenvalue weighted by molar-refractivity contribution is 5.68. The molecule has 0 bridgehead atoms. The van der Waals surface area contributed by atoms with Crippen molar-refractivity contribution in [3.05, 3.63) is 36.2 Å². The predicted molar refractivity (Wildman–Crippen MR) is 77.5 cm³/mol. The van der Waals surface area contributed by atoms with E-state index in [2.05, 4.69) is 15.5 Å². The summed E-state index contributed by atoms with van der Waals surface area (Å²) in [6, 6.07) is 9.06. The van der Waals surface area contributed by atoms with Gasteiger partial charge in [-0.25, -0.2) is 4.79 Å². The lowest BCUT2D eigenvalue weighted by Crippen LogP contribution is -2.34. The molecule has 6 heteroatoms. The molecular formula is C15H19N3O3. The second kappa shape index (κ2) is 5.95. The van der Waals surface area contributed by atoms with Gasteiger partial charge in [-0.05, 0) is 27.7 Å². The van der Waals surface area contributed by atoms with E-state index < -0.39 is 17.7 Å². The maximum Gasteiger partial charge on any atom is 0.408 e. The van der Waals surface area contributed by atoms with Crippen molar-refractivity contribution in [3.8, 4) is 11.4 Å². The van der Waals surface area contributed by atoms with E-state index in [1.165, 1.54) is 0 Å². The molecule has 1 aromatic heterocycles. The number of benzene rings is 1. The molecule has 2 rings (SSSR count). The normalized spacial score (nSPS) is 12.8. The Morgan fingerprint density at radius 2 is 1.95 bits per heavy atom. The Labute approximate surface area is 123 Å². The van der Waals surface area contributed by atoms with Gasteiger partial charge in [0.15, 0.2) is 0 Å². The number of hydrogen-bond donors (Lipinski definition) is 1. The molecule has 0 saturated carbocycles. The average Bonchev–Trinajstić information content (AvgIpc) is 2.87. The molecule has 1 amide bonds. The number of aromatic nitrogens is 2. The van der Waals surface area contributed by atoms with Crippen LogP contribution in [0.25, 0.3) is 11.4 Å². The fraction of sp³-hybridized carbons (Fsp3) is 0.400. The fourth-order valence-corrected chi connectivity index (χ4v) is 1.66. The number of alkyl carbamates (subject to hydrolysis) is 1. The van der Waals surface area contributed by atoms with Crippen molar-refractivity contribution < 1.29 is 14.1 Å². The first-order valence-corrected chi connectivity index (χ1v) is 6.74. The van der Waals surface area contributed by atoms with Crippen LogP contribution in [0.4, 0.5) is 4.79 Å². The monoisotopic (exact) mass is 289 g/mol. The minimum Gasteiger partial charge on any atom is -0.444 e. The Bertz CT molecular complexity index is 602. The molecule has 0 unspecified atom stereocenters. The van der Waals surface area contributed by atoms with Gasteiger partial charge in [-0.2, -0.15) is 4.98 Å². The van der Waals surface area contributed by atoms with Gasteiger partial charge in [-0.15, -0.1) is 0 Å². The van der Waals surface area contributed by atoms with E-state index in [0.717, 1.165) is 5.56 Å². The van der Waals surface area contributed by atoms with Crippen LogP contribution in [0.15, 0.2) is 34.9 Å². The molecule has 0 saturated heterocycles. The van der Waals surface area contributed by atoms with Gasteiger partial charge in [0, 0.05) is 5.56 Å². The first kappa shape index (κ1) is 15.0. The lowest BCUT2D eigenvalue weighted by Gasteiger charge is -2.20. The van der Waals surface area contributed by atoms with Gasteiger partial charge in [0.25, 0.3) is 0 Å². The van der Waals surface area contributed by atoms with Crippen LogP contribution in [-0.4, -0.2) is 21.8 Å². The lowest BCUT2D eigenvalue weighted by atomic mass is 10.2. The minimum atomic E-state index is -0.548. The van der Waals surface area contributed by atoms with Crippen LogP contribution in [0.1, 0.15) is 39.6 Å². The molecule has 0 aliphatic carbocycles. The van der Waals surface area contributed by atoms with Crippen molar-refractivity contribution in [1.29, 1.82) is 0 Å². The summed E-state index contributed by atoms with van der Waals surface area (Å²) >= 11 is 0. The maximum absolute atomic E-state index is 11.7. The standard InChI is InChI=1S/C15H19N3O3/c1-10(16-14(19)20-15(2,3)4)13-17-12(18-21-13)11-8-6-5-7-9-11/h5-10H,1-4H3,(H,16,19)/t10-/m1/s1. The second-order valence-electron chi connectivity index (χ2n) is 5.69. The molecule has 1 N–H and O–H groups in total. The van der Waals surface area contributed by atoms with Crippen molar-refractivity contribution in [2.45, 2.75) is 39.3 Å². The molecule has 0 fully saturated rings. The predicted octanol–water partition coefficient (Wildman–Crippen LogP) is 3.32. The Morgan fingerprint density at radius 3 is 2.57 bits per heavy atom. The zero-order valence-electron chi connectivity index (χ0n) is 12.6. The SMILES string of the molecule is C[C@@H](NC(=O)OC(C)(C)C)c1nc(-c2ccccc2)no1. The number of rotatable bonds is 3. The Balaban J connectivity index is 2.03. The number of amides is 1. The van der Waals surface area contributed by atoms with E-state index in [1.807, 2.05) is 30.3 Å². The summed E-state index contributed by atoms with van der Waals surface area (Å²) in [5.74, 6) is 0.822. The van der Waals surface area contributed by atoms with Crippen molar-refractivity contribution in [2.24, 2.45) is 0 Å². The molecule has 1 atom stereocenters. The molecule has 0 aliphatic heterocycles. The Morgan fingerprint density at radius 1 is 1.29 bits per heavy atom. The highest BCUT2D eigenvalue weighted by Crippen LogP contribution is 2.18. The van der Waals surface area contributed by atoms with Crippen molar-refractivity contribution in [1.82, 2.24) is 15.5 Å². The number of nitrogens with zero attached hydrogens (tertiary/aromatic N) is 2. The zero-order chi connectivity index (χ0) is 15.5. The third-order valence-electron chi connectivity index (χ3n) is 2.58. The molecule has 1 heterocycles. The fourth-order valence-electron chi connectivity index (χ4n) is 1.66. The van der Waals surface area contributed by atoms with Crippen molar-refractivity contribution in [3.63, 3.8) is 0 Å². The van der Waals surface area contributed by atoms with E-state index in [-0.39, 0.29) is 0 Å². The van der Waals surface area contributed by atoms with Gasteiger partial charge in [0.05, 0.1) is 0 Å². The Kier molecular flexibility index (Phi) is 4.26. The van der Waals surface area contributed by atoms with Crippen molar-refractivity contribution >= 4 is 6.09 Å². The molecular weight excluding hydrogens is 270 g/mol. The number of ether oxygens (including phenoxy) is 1. The Hall–Kier alpha value is -2.37. The smallest absolute Gasteiger partial charge is 0.408 e. The quantitative estimate of drug-likeness (QED) is 0.937. The molecule has 0 radical (unpaired) electrons. The highest BCUT2D eigenvalue weighted by atomic mass is 16.6. The molecule has 1 aromatic carbocycles. The molecule has 0 aliphatic rings. The van der Waals surface area contributed by atoms with Gasteiger partial charge >= 0.3 is 6.09 Å². The summed E-state index contributed by atoms with van der Waals surface area (Å²) in [5, 5.41) is 6.57. The number of carbonyl (C=O) groups excluding carboxylic acids is 1. The first-order valence-electron chi connectivity index (χ1n) is 6.74. The van der Waals surface area contributed by atoms with Crippen LogP contribution in [-0.2, 0) is 4.74 Å². The summed E-state index contributed by atoms with van der Waals surface area (Å²) < 4.78 is 10.4. The summed E-state index contributed by atoms with van der Waals surface area (Å²) in [7, 11) is 0. The maximum atomic E-state index is 11.7. The van der Waals surface area contributed by atoms with E-state index in [1.54, 1.807) is 27.7 Å². The van der Waals surface area contributed by atoms with Gasteiger partial charge in [-0.3, -0.25) is 0 Å². The second-order valence-corrected chi connectivity index (χ2v) is 5.69. The molecule has 0 spiro atoms. The van der Waals surface area contributed by atoms with Crippen LogP contribution in [0.2, 0.25) is 0 Å². The van der Waals surface area contributed by atoms with E-state index >= 15 is 0 Å². The molecule has 6 nitrogen and oxygen atoms in total. The average molecular weight is 289 g/mol. The number of carbonyl (C=O) groups is 1. The van der Waals surface area contributed by atoms with Gasteiger partial charge in [0.2, 0.25) is 11.7 Å². The first-order chi connectivity index (χ1) is 9.85. The highest BCUT2D eigenvalue weighted by Gasteiger charge is 2.21. The summed E-state index contributed by atoms with van der Waals surface area (Å²) in [5.41, 5.74) is 0.311. The topological polar surface area (TPSA) is 77.2 Å². The van der Waals surface area contributed by atoms with Crippen LogP contribution in [0.5, 0.6) is 0 Å². The van der Waals surface area contributed by atoms with Crippen LogP contribution < -0.4 is 5.32 Å². The van der Waals surface area contributed by atoms with Gasteiger partial charge < -0.3 is 14.6 Å². The third kappa shape index (κ3) is 4.30. The van der Waals surface area contributed by atoms with Crippen molar-refractivity contribution in [2.75, 3.05) is 0 Å². The third-order valence-corrected chi connectivity index (χ3v) is 2.58. The minimum absolute atomic E-state index is 0.333. The van der Waals surface area contributed by atoms with Crippen LogP contribution in [0, 0.1) is 0 Å². The zero-order valence-corrected chi connectivity index (χ0v) is 12.6. The summed E-state index contributed by atoms with van der Waals surface area (Å²) in [6.07, 6.45) is -0.519. The van der Waals surface area contributed by atoms with Crippen LogP contribution in [0.3, 0.4) is 0 Å². The van der Waals surface area contributed by atoms with E-state index in [0.29, 0.717) is 11.7 Å². The number of nitrogens with one attached hydrogen (secondary N) is 1. The molecule has 112 valence electrons. The summed E-state index contributed by atoms with van der Waals surface area (Å²) in [6.45, 7) is 7.17. The lowest BCUT2D eigenvalue weighted by molar-refractivity contribution is 0.0499. The largest absolute Gasteiger partial charge is 0.444 e. The van der Waals surface area contributed by atoms with E-state index in [4.69, 9.17) is 9.26 Å². The van der Waals surface area contributed by atoms with Gasteiger partial charge in [-0.1, -0.05) is 35.5 Å². The molecule has 21 heavy (non-hydrogen) atoms. The number of hydrogen-bond acceptors (Lipinski definition) is 5. The van der Waals surface area contributed by atoms with Crippen LogP contribution >= 0.6 is 0 Å². The van der Waals surface area contributed by atoms with E-state index in [9.17, 15) is 4.79 Å². The van der Waals surface area contributed by atoms with Gasteiger partial charge in [0.1, 0.15) is 11.6 Å².